The highest BCUT2D eigenvalue weighted by molar-refractivity contribution is 5.88. The molecule has 10 nitrogen and oxygen atoms in total. The Bertz CT molecular complexity index is 378. The van der Waals surface area contributed by atoms with Gasteiger partial charge in [-0.15, -0.1) is 0 Å². The summed E-state index contributed by atoms with van der Waals surface area (Å²) in [7, 11) is 0. The summed E-state index contributed by atoms with van der Waals surface area (Å²) in [6.45, 7) is -0.967. The van der Waals surface area contributed by atoms with Gasteiger partial charge in [-0.05, 0) is 0 Å². The number of carboxylic acids is 2. The summed E-state index contributed by atoms with van der Waals surface area (Å²) in [5.74, 6) is -4.72. The van der Waals surface area contributed by atoms with Crippen LogP contribution in [-0.4, -0.2) is 69.7 Å². The van der Waals surface area contributed by atoms with Gasteiger partial charge in [0.05, 0.1) is 12.8 Å². The molecule has 0 aromatic carbocycles. The second-order valence-electron chi connectivity index (χ2n) is 3.85. The lowest BCUT2D eigenvalue weighted by Crippen LogP contribution is -2.43. The Kier molecular flexibility index (Phi) is 7.18. The van der Waals surface area contributed by atoms with Crippen LogP contribution in [0.5, 0.6) is 0 Å². The minimum absolute atomic E-state index is 0.0705. The number of hydrogen-bond donors (Lipinski definition) is 4. The predicted molar refractivity (Wildman–Crippen MR) is 58.4 cm³/mol. The first kappa shape index (κ1) is 17.8. The van der Waals surface area contributed by atoms with Crippen LogP contribution < -0.4 is 0 Å². The lowest BCUT2D eigenvalue weighted by Gasteiger charge is -2.20. The maximum atomic E-state index is 11.3. The topological polar surface area (TPSA) is 168 Å². The Morgan fingerprint density at radius 1 is 1.15 bits per heavy atom. The molecule has 2 atom stereocenters. The summed E-state index contributed by atoms with van der Waals surface area (Å²) >= 11 is 0. The highest BCUT2D eigenvalue weighted by Crippen LogP contribution is 2.17. The van der Waals surface area contributed by atoms with Crippen molar-refractivity contribution in [3.8, 4) is 0 Å². The SMILES string of the molecule is O=COCC(O)COC(=O)CC(O)(CC(=O)O)C(=O)O. The molecule has 0 radical (unpaired) electrons. The van der Waals surface area contributed by atoms with Gasteiger partial charge in [0.15, 0.2) is 5.60 Å². The maximum absolute atomic E-state index is 11.3. The van der Waals surface area contributed by atoms with Gasteiger partial charge >= 0.3 is 17.9 Å². The Morgan fingerprint density at radius 2 is 1.75 bits per heavy atom. The van der Waals surface area contributed by atoms with Crippen molar-refractivity contribution < 1.29 is 49.1 Å². The van der Waals surface area contributed by atoms with E-state index in [9.17, 15) is 24.3 Å². The molecule has 0 aliphatic carbocycles. The van der Waals surface area contributed by atoms with E-state index in [2.05, 4.69) is 9.47 Å². The number of ether oxygens (including phenoxy) is 2. The minimum Gasteiger partial charge on any atom is -0.481 e. The van der Waals surface area contributed by atoms with Gasteiger partial charge in [0.25, 0.3) is 6.47 Å². The minimum atomic E-state index is -2.80. The van der Waals surface area contributed by atoms with Crippen LogP contribution in [0.25, 0.3) is 0 Å². The zero-order valence-electron chi connectivity index (χ0n) is 10.2. The number of rotatable bonds is 10. The van der Waals surface area contributed by atoms with Gasteiger partial charge in [0.2, 0.25) is 0 Å². The molecule has 0 fully saturated rings. The third-order valence-electron chi connectivity index (χ3n) is 2.07. The van der Waals surface area contributed by atoms with Gasteiger partial charge in [0, 0.05) is 0 Å². The molecule has 0 aliphatic rings. The average molecular weight is 294 g/mol. The van der Waals surface area contributed by atoms with Crippen molar-refractivity contribution in [2.24, 2.45) is 0 Å². The van der Waals surface area contributed by atoms with Crippen LogP contribution >= 0.6 is 0 Å². The fourth-order valence-corrected chi connectivity index (χ4v) is 1.14. The second-order valence-corrected chi connectivity index (χ2v) is 3.85. The van der Waals surface area contributed by atoms with E-state index in [0.29, 0.717) is 0 Å². The third-order valence-corrected chi connectivity index (χ3v) is 2.07. The number of hydrogen-bond acceptors (Lipinski definition) is 8. The first-order chi connectivity index (χ1) is 9.21. The lowest BCUT2D eigenvalue weighted by atomic mass is 9.96. The van der Waals surface area contributed by atoms with Crippen molar-refractivity contribution in [2.75, 3.05) is 13.2 Å². The quantitative estimate of drug-likeness (QED) is 0.255. The lowest BCUT2D eigenvalue weighted by molar-refractivity contribution is -0.173. The molecule has 0 aromatic heterocycles. The van der Waals surface area contributed by atoms with E-state index in [1.165, 1.54) is 0 Å². The molecule has 0 bridgehead atoms. The van der Waals surface area contributed by atoms with Crippen LogP contribution in [0.3, 0.4) is 0 Å². The normalized spacial score (nSPS) is 14.7. The number of esters is 1. The molecular formula is C10H14O10. The second kappa shape index (κ2) is 8.07. The summed E-state index contributed by atoms with van der Waals surface area (Å²) in [6.07, 6.45) is -3.61. The van der Waals surface area contributed by atoms with Crippen molar-refractivity contribution in [3.63, 3.8) is 0 Å². The molecule has 0 heterocycles. The fourth-order valence-electron chi connectivity index (χ4n) is 1.14. The van der Waals surface area contributed by atoms with Crippen molar-refractivity contribution in [2.45, 2.75) is 24.5 Å². The summed E-state index contributed by atoms with van der Waals surface area (Å²) in [5, 5.41) is 35.8. The van der Waals surface area contributed by atoms with E-state index in [0.717, 1.165) is 0 Å². The maximum Gasteiger partial charge on any atom is 0.336 e. The first-order valence-electron chi connectivity index (χ1n) is 5.27. The van der Waals surface area contributed by atoms with Gasteiger partial charge in [-0.25, -0.2) is 4.79 Å². The summed E-state index contributed by atoms with van der Waals surface area (Å²) < 4.78 is 8.60. The Morgan fingerprint density at radius 3 is 2.20 bits per heavy atom. The van der Waals surface area contributed by atoms with Crippen LogP contribution in [0.2, 0.25) is 0 Å². The fraction of sp³-hybridized carbons (Fsp3) is 0.600. The van der Waals surface area contributed by atoms with Crippen LogP contribution in [0.1, 0.15) is 12.8 Å². The van der Waals surface area contributed by atoms with E-state index < -0.39 is 55.7 Å². The molecule has 10 heteroatoms. The monoisotopic (exact) mass is 294 g/mol. The van der Waals surface area contributed by atoms with Gasteiger partial charge < -0.3 is 29.9 Å². The van der Waals surface area contributed by atoms with E-state index in [1.807, 2.05) is 0 Å². The molecule has 0 amide bonds. The number of carbonyl (C=O) groups is 4. The predicted octanol–water partition coefficient (Wildman–Crippen LogP) is -2.26. The average Bonchev–Trinajstić information content (AvgIpc) is 2.32. The summed E-state index contributed by atoms with van der Waals surface area (Å²) in [4.78, 5) is 42.2. The van der Waals surface area contributed by atoms with E-state index in [-0.39, 0.29) is 6.47 Å². The van der Waals surface area contributed by atoms with E-state index in [4.69, 9.17) is 15.3 Å². The Balaban J connectivity index is 4.37. The first-order valence-corrected chi connectivity index (χ1v) is 5.27. The van der Waals surface area contributed by atoms with Gasteiger partial charge in [-0.1, -0.05) is 0 Å². The molecule has 0 rings (SSSR count). The van der Waals surface area contributed by atoms with Crippen LogP contribution in [-0.2, 0) is 28.7 Å². The highest BCUT2D eigenvalue weighted by atomic mass is 16.6. The van der Waals surface area contributed by atoms with Crippen LogP contribution in [0.15, 0.2) is 0 Å². The molecule has 20 heavy (non-hydrogen) atoms. The summed E-state index contributed by atoms with van der Waals surface area (Å²) in [6, 6.07) is 0. The molecule has 2 unspecified atom stereocenters. The number of aliphatic carboxylic acids is 2. The smallest absolute Gasteiger partial charge is 0.336 e. The molecule has 4 N–H and O–H groups in total. The van der Waals surface area contributed by atoms with Crippen molar-refractivity contribution in [1.82, 2.24) is 0 Å². The van der Waals surface area contributed by atoms with Gasteiger partial charge in [0.1, 0.15) is 19.3 Å². The number of aliphatic hydroxyl groups is 2. The van der Waals surface area contributed by atoms with Crippen molar-refractivity contribution in [3.05, 3.63) is 0 Å². The zero-order valence-corrected chi connectivity index (χ0v) is 10.2. The molecular weight excluding hydrogens is 280 g/mol. The van der Waals surface area contributed by atoms with Crippen molar-refractivity contribution >= 4 is 24.4 Å². The molecule has 0 aliphatic heterocycles. The largest absolute Gasteiger partial charge is 0.481 e. The number of aliphatic hydroxyl groups excluding tert-OH is 1. The Hall–Kier alpha value is -2.20. The van der Waals surface area contributed by atoms with Gasteiger partial charge in [-0.3, -0.25) is 14.4 Å². The van der Waals surface area contributed by atoms with Crippen LogP contribution in [0, 0.1) is 0 Å². The number of carboxylic acid groups (broad SMARTS) is 2. The summed E-state index contributed by atoms with van der Waals surface area (Å²) in [5.41, 5.74) is -2.80. The standard InChI is InChI=1S/C10H14O10/c11-5-19-3-6(12)4-20-8(15)2-10(18,9(16)17)1-7(13)14/h5-6,12,18H,1-4H2,(H,13,14)(H,16,17). The third kappa shape index (κ3) is 6.66. The highest BCUT2D eigenvalue weighted by Gasteiger charge is 2.41. The van der Waals surface area contributed by atoms with E-state index >= 15 is 0 Å². The van der Waals surface area contributed by atoms with Crippen molar-refractivity contribution in [1.29, 1.82) is 0 Å². The van der Waals surface area contributed by atoms with Gasteiger partial charge in [-0.2, -0.15) is 0 Å². The molecule has 0 aromatic rings. The van der Waals surface area contributed by atoms with Crippen LogP contribution in [0.4, 0.5) is 0 Å². The van der Waals surface area contributed by atoms with E-state index in [1.54, 1.807) is 0 Å². The molecule has 0 spiro atoms. The Labute approximate surface area is 112 Å². The molecule has 114 valence electrons. The zero-order chi connectivity index (χ0) is 15.8. The molecule has 0 saturated heterocycles. The molecule has 0 saturated carbocycles. The number of carbonyl (C=O) groups excluding carboxylic acids is 2.